The molecule has 0 N–H and O–H groups in total. The highest BCUT2D eigenvalue weighted by molar-refractivity contribution is 6.10. The molecule has 0 unspecified atom stereocenters. The van der Waals surface area contributed by atoms with Crippen molar-refractivity contribution in [2.45, 2.75) is 5.41 Å². The van der Waals surface area contributed by atoms with Gasteiger partial charge < -0.3 is 9.47 Å². The molecule has 2 heteroatoms. The van der Waals surface area contributed by atoms with Gasteiger partial charge in [-0.15, -0.1) is 0 Å². The molecule has 0 amide bonds. The largest absolute Gasteiger partial charge is 0.310 e. The molecule has 0 radical (unpaired) electrons. The molecule has 12 aromatic rings. The highest BCUT2D eigenvalue weighted by Crippen LogP contribution is 2.65. The first kappa shape index (κ1) is 37.6. The average molecular weight is 851 g/mol. The van der Waals surface area contributed by atoms with Gasteiger partial charge in [-0.2, -0.15) is 0 Å². The average Bonchev–Trinajstić information content (AvgIpc) is 4.01. The summed E-state index contributed by atoms with van der Waals surface area (Å²) in [4.78, 5) is 2.50. The van der Waals surface area contributed by atoms with Crippen LogP contribution in [-0.2, 0) is 5.41 Å². The standard InChI is InChI=1S/C65H42N2/c1-2-18-47(19-3-1)67-61-30-13-9-24-55(61)57-42-46(36-41-62(57)67)43-32-37-48(38-33-43)66(49-39-34-45(35-40-49)51-25-14-17-44-16-4-5-20-50(44)51)63-31-15-26-56-54-23-8-12-29-60(54)65(64(56)63)58-27-10-6-21-52(58)53-22-7-11-28-59(53)65/h1-42H. The zero-order valence-corrected chi connectivity index (χ0v) is 36.6. The van der Waals surface area contributed by atoms with Crippen LogP contribution < -0.4 is 4.90 Å². The fourth-order valence-electron chi connectivity index (χ4n) is 11.8. The zero-order valence-electron chi connectivity index (χ0n) is 36.6. The predicted molar refractivity (Wildman–Crippen MR) is 280 cm³/mol. The second-order valence-electron chi connectivity index (χ2n) is 18.0. The number of hydrogen-bond acceptors (Lipinski definition) is 1. The van der Waals surface area contributed by atoms with Crippen LogP contribution in [0.1, 0.15) is 22.3 Å². The van der Waals surface area contributed by atoms with E-state index in [0.29, 0.717) is 0 Å². The molecule has 1 spiro atoms. The van der Waals surface area contributed by atoms with Crippen LogP contribution in [0, 0.1) is 0 Å². The molecule has 0 saturated heterocycles. The highest BCUT2D eigenvalue weighted by Gasteiger charge is 2.53. The highest BCUT2D eigenvalue weighted by atomic mass is 15.1. The number of para-hydroxylation sites is 2. The topological polar surface area (TPSA) is 8.17 Å². The number of aromatic nitrogens is 1. The Hall–Kier alpha value is -8.72. The summed E-state index contributed by atoms with van der Waals surface area (Å²) in [7, 11) is 0. The molecule has 0 saturated carbocycles. The van der Waals surface area contributed by atoms with Crippen molar-refractivity contribution in [1.29, 1.82) is 0 Å². The number of hydrogen-bond donors (Lipinski definition) is 0. The van der Waals surface area contributed by atoms with Crippen molar-refractivity contribution < 1.29 is 0 Å². The van der Waals surface area contributed by atoms with Gasteiger partial charge in [-0.25, -0.2) is 0 Å². The number of benzene rings is 11. The van der Waals surface area contributed by atoms with Crippen LogP contribution in [0.25, 0.3) is 82.8 Å². The van der Waals surface area contributed by atoms with Crippen LogP contribution >= 0.6 is 0 Å². The van der Waals surface area contributed by atoms with Crippen LogP contribution in [0.3, 0.4) is 0 Å². The van der Waals surface area contributed by atoms with E-state index in [0.717, 1.165) is 17.1 Å². The van der Waals surface area contributed by atoms with Gasteiger partial charge in [0.25, 0.3) is 0 Å². The van der Waals surface area contributed by atoms with E-state index in [9.17, 15) is 0 Å². The Balaban J connectivity index is 0.966. The van der Waals surface area contributed by atoms with Crippen LogP contribution in [0.4, 0.5) is 17.1 Å². The maximum Gasteiger partial charge on any atom is 0.0746 e. The van der Waals surface area contributed by atoms with E-state index in [1.54, 1.807) is 0 Å². The molecule has 0 bridgehead atoms. The van der Waals surface area contributed by atoms with Crippen molar-refractivity contribution in [1.82, 2.24) is 4.57 Å². The monoisotopic (exact) mass is 850 g/mol. The molecular formula is C65H42N2. The van der Waals surface area contributed by atoms with Crippen molar-refractivity contribution in [3.05, 3.63) is 277 Å². The van der Waals surface area contributed by atoms with E-state index in [4.69, 9.17) is 0 Å². The molecule has 11 aromatic carbocycles. The van der Waals surface area contributed by atoms with Crippen molar-refractivity contribution in [3.8, 4) is 50.2 Å². The van der Waals surface area contributed by atoms with Gasteiger partial charge >= 0.3 is 0 Å². The fourth-order valence-corrected chi connectivity index (χ4v) is 11.8. The lowest BCUT2D eigenvalue weighted by Gasteiger charge is -2.36. The third-order valence-corrected chi connectivity index (χ3v) is 14.6. The minimum atomic E-state index is -0.509. The molecule has 2 aliphatic rings. The normalized spacial score (nSPS) is 12.9. The predicted octanol–water partition coefficient (Wildman–Crippen LogP) is 17.1. The summed E-state index contributed by atoms with van der Waals surface area (Å²) in [5.74, 6) is 0. The Bertz CT molecular complexity index is 3850. The number of anilines is 3. The Morgan fingerprint density at radius 3 is 1.51 bits per heavy atom. The second kappa shape index (κ2) is 14.7. The first-order valence-electron chi connectivity index (χ1n) is 23.3. The smallest absolute Gasteiger partial charge is 0.0746 e. The summed E-state index contributed by atoms with van der Waals surface area (Å²) in [5.41, 5.74) is 21.7. The van der Waals surface area contributed by atoms with Gasteiger partial charge in [0, 0.05) is 33.4 Å². The lowest BCUT2D eigenvalue weighted by atomic mass is 9.70. The van der Waals surface area contributed by atoms with Gasteiger partial charge in [-0.05, 0) is 133 Å². The molecule has 2 aliphatic carbocycles. The number of fused-ring (bicyclic) bond motifs is 14. The maximum absolute atomic E-state index is 2.50. The van der Waals surface area contributed by atoms with Crippen molar-refractivity contribution >= 4 is 49.6 Å². The van der Waals surface area contributed by atoms with Crippen LogP contribution in [0.15, 0.2) is 255 Å². The SMILES string of the molecule is c1ccc(-n2c3ccccc3c3cc(-c4ccc(N(c5ccc(-c6cccc7ccccc67)cc5)c5cccc6c5C5(c7ccccc7-c7ccccc75)c5ccccc5-6)cc4)ccc32)cc1. The van der Waals surface area contributed by atoms with Gasteiger partial charge in [-0.3, -0.25) is 0 Å². The molecule has 2 nitrogen and oxygen atoms in total. The fraction of sp³-hybridized carbons (Fsp3) is 0.0154. The lowest BCUT2D eigenvalue weighted by Crippen LogP contribution is -2.28. The summed E-state index contributed by atoms with van der Waals surface area (Å²) in [5, 5.41) is 5.00. The molecule has 1 aromatic heterocycles. The van der Waals surface area contributed by atoms with Crippen molar-refractivity contribution in [2.75, 3.05) is 4.90 Å². The third kappa shape index (κ3) is 5.45. The quantitative estimate of drug-likeness (QED) is 0.162. The van der Waals surface area contributed by atoms with E-state index in [-0.39, 0.29) is 0 Å². The zero-order chi connectivity index (χ0) is 44.1. The van der Waals surface area contributed by atoms with Crippen molar-refractivity contribution in [3.63, 3.8) is 0 Å². The van der Waals surface area contributed by atoms with Crippen LogP contribution in [-0.4, -0.2) is 4.57 Å². The molecule has 0 fully saturated rings. The minimum Gasteiger partial charge on any atom is -0.310 e. The Labute approximate surface area is 389 Å². The first-order valence-corrected chi connectivity index (χ1v) is 23.3. The van der Waals surface area contributed by atoms with Crippen molar-refractivity contribution in [2.24, 2.45) is 0 Å². The number of nitrogens with zero attached hydrogens (tertiary/aromatic N) is 2. The minimum absolute atomic E-state index is 0.509. The van der Waals surface area contributed by atoms with E-state index < -0.39 is 5.41 Å². The first-order chi connectivity index (χ1) is 33.3. The van der Waals surface area contributed by atoms with Crippen LogP contribution in [0.5, 0.6) is 0 Å². The summed E-state index contributed by atoms with van der Waals surface area (Å²) in [6, 6.07) is 94.3. The van der Waals surface area contributed by atoms with Gasteiger partial charge in [0.15, 0.2) is 0 Å². The Morgan fingerprint density at radius 2 is 0.806 bits per heavy atom. The molecular weight excluding hydrogens is 809 g/mol. The second-order valence-corrected chi connectivity index (χ2v) is 18.0. The van der Waals surface area contributed by atoms with E-state index >= 15 is 0 Å². The molecule has 312 valence electrons. The third-order valence-electron chi connectivity index (χ3n) is 14.6. The molecule has 67 heavy (non-hydrogen) atoms. The molecule has 0 atom stereocenters. The van der Waals surface area contributed by atoms with E-state index in [1.165, 1.54) is 105 Å². The van der Waals surface area contributed by atoms with Gasteiger partial charge in [0.05, 0.1) is 22.1 Å². The Kier molecular flexibility index (Phi) is 8.23. The molecule has 0 aliphatic heterocycles. The molecule has 14 rings (SSSR count). The molecule has 1 heterocycles. The van der Waals surface area contributed by atoms with Gasteiger partial charge in [0.1, 0.15) is 0 Å². The summed E-state index contributed by atoms with van der Waals surface area (Å²) in [6.45, 7) is 0. The van der Waals surface area contributed by atoms with Gasteiger partial charge in [-0.1, -0.05) is 194 Å². The maximum atomic E-state index is 2.50. The summed E-state index contributed by atoms with van der Waals surface area (Å²) < 4.78 is 2.38. The van der Waals surface area contributed by atoms with E-state index in [2.05, 4.69) is 264 Å². The number of rotatable bonds is 6. The lowest BCUT2D eigenvalue weighted by molar-refractivity contribution is 0.793. The summed E-state index contributed by atoms with van der Waals surface area (Å²) >= 11 is 0. The Morgan fingerprint density at radius 1 is 0.313 bits per heavy atom. The van der Waals surface area contributed by atoms with E-state index in [1.807, 2.05) is 0 Å². The summed E-state index contributed by atoms with van der Waals surface area (Å²) in [6.07, 6.45) is 0. The van der Waals surface area contributed by atoms with Gasteiger partial charge in [0.2, 0.25) is 0 Å². The van der Waals surface area contributed by atoms with Crippen LogP contribution in [0.2, 0.25) is 0 Å².